The molecule has 1 atom stereocenters. The first-order valence-electron chi connectivity index (χ1n) is 11.5. The Morgan fingerprint density at radius 3 is 2.56 bits per heavy atom. The lowest BCUT2D eigenvalue weighted by molar-refractivity contribution is 0.118. The van der Waals surface area contributed by atoms with E-state index in [1.807, 2.05) is 18.0 Å². The number of fused-ring (bicyclic) bond motifs is 1. The Balaban J connectivity index is 1.34. The van der Waals surface area contributed by atoms with Crippen LogP contribution in [0.3, 0.4) is 0 Å². The van der Waals surface area contributed by atoms with Gasteiger partial charge in [0.25, 0.3) is 10.0 Å². The van der Waals surface area contributed by atoms with Gasteiger partial charge in [-0.15, -0.1) is 11.3 Å². The number of aliphatic hydroxyl groups excluding tert-OH is 1. The van der Waals surface area contributed by atoms with E-state index in [0.717, 1.165) is 5.75 Å². The maximum Gasteiger partial charge on any atom is 0.262 e. The summed E-state index contributed by atoms with van der Waals surface area (Å²) in [4.78, 5) is 3.32. The molecule has 3 aromatic carbocycles. The first kappa shape index (κ1) is 26.0. The molecule has 4 aromatic rings. The number of benzene rings is 3. The second-order valence-corrected chi connectivity index (χ2v) is 11.7. The van der Waals surface area contributed by atoms with Crippen LogP contribution in [0.15, 0.2) is 71.6 Å². The quantitative estimate of drug-likeness (QED) is 0.250. The van der Waals surface area contributed by atoms with Crippen LogP contribution < -0.4 is 9.46 Å². The van der Waals surface area contributed by atoms with Crippen LogP contribution in [0, 0.1) is 13.8 Å². The Morgan fingerprint density at radius 2 is 1.81 bits per heavy atom. The predicted octanol–water partition coefficient (Wildman–Crippen LogP) is 5.07. The highest BCUT2D eigenvalue weighted by Crippen LogP contribution is 2.33. The van der Waals surface area contributed by atoms with E-state index in [1.165, 1.54) is 44.8 Å². The second kappa shape index (κ2) is 10.9. The molecule has 0 fully saturated rings. The lowest BCUT2D eigenvalue weighted by Crippen LogP contribution is -2.29. The topological polar surface area (TPSA) is 99.1 Å². The minimum absolute atomic E-state index is 0.0100. The molecule has 1 aromatic heterocycles. The van der Waals surface area contributed by atoms with E-state index in [1.54, 1.807) is 35.6 Å². The highest BCUT2D eigenvalue weighted by atomic mass is 32.2. The molecule has 4 rings (SSSR count). The van der Waals surface area contributed by atoms with Gasteiger partial charge in [-0.25, -0.2) is 8.42 Å². The van der Waals surface area contributed by atoms with E-state index in [-0.39, 0.29) is 16.3 Å². The first-order valence-corrected chi connectivity index (χ1v) is 13.8. The first-order chi connectivity index (χ1) is 17.1. The van der Waals surface area contributed by atoms with Gasteiger partial charge in [0.1, 0.15) is 18.1 Å². The van der Waals surface area contributed by atoms with Crippen LogP contribution in [0.5, 0.6) is 11.5 Å². The molecule has 3 N–H and O–H groups in total. The average Bonchev–Trinajstić information content (AvgIpc) is 3.13. The number of thiophene rings is 1. The molecular formula is C27H30N2O5S2. The summed E-state index contributed by atoms with van der Waals surface area (Å²) in [5.74, 6) is 0.590. The van der Waals surface area contributed by atoms with Crippen molar-refractivity contribution < 1.29 is 23.4 Å². The van der Waals surface area contributed by atoms with Crippen LogP contribution in [0.2, 0.25) is 0 Å². The van der Waals surface area contributed by atoms with Crippen LogP contribution in [0.25, 0.3) is 10.1 Å². The van der Waals surface area contributed by atoms with Gasteiger partial charge in [0.05, 0.1) is 16.7 Å². The van der Waals surface area contributed by atoms with Gasteiger partial charge in [0.2, 0.25) is 0 Å². The molecule has 0 bridgehead atoms. The van der Waals surface area contributed by atoms with E-state index in [2.05, 4.69) is 30.7 Å². The number of anilines is 1. The normalized spacial score (nSPS) is 12.7. The third-order valence-corrected chi connectivity index (χ3v) is 8.63. The standard InChI is InChI=1S/C27H30N2O5S2/c1-18-19(2)35-27-16-21(10-11-23(18)27)34-14-13-29(3)17-26(31)20-9-12-25(30)24(15-20)28-36(32,33)22-7-5-4-6-8-22/h4-12,15-16,26,28,30-31H,13-14,17H2,1-3H3. The fraction of sp³-hybridized carbons (Fsp3) is 0.259. The molecule has 1 heterocycles. The minimum atomic E-state index is -3.87. The molecule has 1 unspecified atom stereocenters. The third kappa shape index (κ3) is 5.99. The zero-order chi connectivity index (χ0) is 25.9. The van der Waals surface area contributed by atoms with Crippen molar-refractivity contribution in [3.05, 3.63) is 82.7 Å². The van der Waals surface area contributed by atoms with Gasteiger partial charge in [0, 0.05) is 22.7 Å². The Bertz CT molecular complexity index is 1450. The number of nitrogens with zero attached hydrogens (tertiary/aromatic N) is 1. The summed E-state index contributed by atoms with van der Waals surface area (Å²) < 4.78 is 34.8. The lowest BCUT2D eigenvalue weighted by atomic mass is 10.1. The zero-order valence-corrected chi connectivity index (χ0v) is 22.1. The maximum absolute atomic E-state index is 12.6. The largest absolute Gasteiger partial charge is 0.506 e. The van der Waals surface area contributed by atoms with Crippen molar-refractivity contribution in [3.8, 4) is 11.5 Å². The lowest BCUT2D eigenvalue weighted by Gasteiger charge is -2.21. The van der Waals surface area contributed by atoms with Gasteiger partial charge in [-0.3, -0.25) is 4.72 Å². The highest BCUT2D eigenvalue weighted by molar-refractivity contribution is 7.92. The summed E-state index contributed by atoms with van der Waals surface area (Å²) in [5.41, 5.74) is 1.80. The van der Waals surface area contributed by atoms with Gasteiger partial charge in [-0.05, 0) is 79.9 Å². The SMILES string of the molecule is Cc1sc2cc(OCCN(C)CC(O)c3ccc(O)c(NS(=O)(=O)c4ccccc4)c3)ccc2c1C. The summed E-state index contributed by atoms with van der Waals surface area (Å²) in [6.07, 6.45) is -0.885. The van der Waals surface area contributed by atoms with E-state index in [4.69, 9.17) is 4.74 Å². The van der Waals surface area contributed by atoms with Crippen molar-refractivity contribution in [1.29, 1.82) is 0 Å². The number of aliphatic hydroxyl groups is 1. The summed E-state index contributed by atoms with van der Waals surface area (Å²) in [6, 6.07) is 18.4. The maximum atomic E-state index is 12.6. The van der Waals surface area contributed by atoms with E-state index in [0.29, 0.717) is 25.3 Å². The average molecular weight is 527 g/mol. The number of rotatable bonds is 10. The molecule has 0 aliphatic carbocycles. The van der Waals surface area contributed by atoms with Gasteiger partial charge in [-0.2, -0.15) is 0 Å². The molecule has 190 valence electrons. The number of phenols is 1. The highest BCUT2D eigenvalue weighted by Gasteiger charge is 2.18. The van der Waals surface area contributed by atoms with Gasteiger partial charge >= 0.3 is 0 Å². The molecule has 7 nitrogen and oxygen atoms in total. The molecule has 0 aliphatic rings. The van der Waals surface area contributed by atoms with Crippen molar-refractivity contribution in [2.24, 2.45) is 0 Å². The number of likely N-dealkylation sites (N-methyl/N-ethyl adjacent to an activating group) is 1. The van der Waals surface area contributed by atoms with Gasteiger partial charge in [0.15, 0.2) is 0 Å². The Morgan fingerprint density at radius 1 is 1.06 bits per heavy atom. The van der Waals surface area contributed by atoms with Crippen LogP contribution in [0.1, 0.15) is 22.1 Å². The fourth-order valence-corrected chi connectivity index (χ4v) is 6.06. The van der Waals surface area contributed by atoms with Crippen molar-refractivity contribution in [2.75, 3.05) is 31.5 Å². The molecule has 0 amide bonds. The van der Waals surface area contributed by atoms with Crippen LogP contribution in [0.4, 0.5) is 5.69 Å². The summed E-state index contributed by atoms with van der Waals surface area (Å²) >= 11 is 1.76. The smallest absolute Gasteiger partial charge is 0.262 e. The van der Waals surface area contributed by atoms with Crippen LogP contribution >= 0.6 is 11.3 Å². The summed E-state index contributed by atoms with van der Waals surface area (Å²) in [7, 11) is -2.00. The Kier molecular flexibility index (Phi) is 7.85. The summed E-state index contributed by atoms with van der Waals surface area (Å²) in [5, 5.41) is 22.2. The van der Waals surface area contributed by atoms with Gasteiger partial charge < -0.3 is 19.8 Å². The minimum Gasteiger partial charge on any atom is -0.506 e. The van der Waals surface area contributed by atoms with E-state index >= 15 is 0 Å². The number of hydrogen-bond acceptors (Lipinski definition) is 7. The number of nitrogens with one attached hydrogen (secondary N) is 1. The molecular weight excluding hydrogens is 496 g/mol. The number of aromatic hydroxyl groups is 1. The third-order valence-electron chi connectivity index (χ3n) is 6.08. The number of sulfonamides is 1. The van der Waals surface area contributed by atoms with E-state index < -0.39 is 16.1 Å². The van der Waals surface area contributed by atoms with Crippen molar-refractivity contribution in [1.82, 2.24) is 4.90 Å². The zero-order valence-electron chi connectivity index (χ0n) is 20.4. The van der Waals surface area contributed by atoms with Gasteiger partial charge in [-0.1, -0.05) is 24.3 Å². The van der Waals surface area contributed by atoms with Crippen molar-refractivity contribution in [2.45, 2.75) is 24.8 Å². The van der Waals surface area contributed by atoms with Crippen LogP contribution in [-0.2, 0) is 10.0 Å². The monoisotopic (exact) mass is 526 g/mol. The predicted molar refractivity (Wildman–Crippen MR) is 145 cm³/mol. The summed E-state index contributed by atoms with van der Waals surface area (Å²) in [6.45, 7) is 5.60. The molecule has 0 aliphatic heterocycles. The van der Waals surface area contributed by atoms with Crippen molar-refractivity contribution in [3.63, 3.8) is 0 Å². The molecule has 0 radical (unpaired) electrons. The Hall–Kier alpha value is -3.11. The molecule has 0 saturated heterocycles. The number of phenolic OH excluding ortho intramolecular Hbond substituents is 1. The van der Waals surface area contributed by atoms with Crippen molar-refractivity contribution >= 4 is 37.1 Å². The van der Waals surface area contributed by atoms with Crippen LogP contribution in [-0.4, -0.2) is 50.3 Å². The Labute approximate surface area is 215 Å². The number of hydrogen-bond donors (Lipinski definition) is 3. The van der Waals surface area contributed by atoms with E-state index in [9.17, 15) is 18.6 Å². The number of aryl methyl sites for hydroxylation is 2. The molecule has 36 heavy (non-hydrogen) atoms. The molecule has 9 heteroatoms. The number of ether oxygens (including phenoxy) is 1. The molecule has 0 spiro atoms. The second-order valence-electron chi connectivity index (χ2n) is 8.76. The molecule has 0 saturated carbocycles. The fourth-order valence-electron chi connectivity index (χ4n) is 3.88.